The molecule has 0 fully saturated rings. The van der Waals surface area contributed by atoms with Crippen LogP contribution >= 0.6 is 15.9 Å². The van der Waals surface area contributed by atoms with E-state index in [1.54, 1.807) is 6.08 Å². The molecule has 0 unspecified atom stereocenters. The Bertz CT molecular complexity index is 875. The molecule has 0 saturated heterocycles. The molecule has 134 valence electrons. The first-order valence-electron chi connectivity index (χ1n) is 8.29. The van der Waals surface area contributed by atoms with Crippen molar-refractivity contribution in [3.05, 3.63) is 63.8 Å². The zero-order chi connectivity index (χ0) is 18.5. The molecular weight excluding hydrogens is 398 g/mol. The van der Waals surface area contributed by atoms with Crippen molar-refractivity contribution in [1.29, 1.82) is 0 Å². The summed E-state index contributed by atoms with van der Waals surface area (Å²) in [5, 5.41) is 0. The molecule has 5 nitrogen and oxygen atoms in total. The predicted molar refractivity (Wildman–Crippen MR) is 104 cm³/mol. The van der Waals surface area contributed by atoms with E-state index in [4.69, 9.17) is 14.2 Å². The van der Waals surface area contributed by atoms with Gasteiger partial charge in [0.15, 0.2) is 17.2 Å². The van der Waals surface area contributed by atoms with Crippen LogP contribution < -0.4 is 9.47 Å². The van der Waals surface area contributed by atoms with Crippen LogP contribution in [0.1, 0.15) is 25.0 Å². The highest BCUT2D eigenvalue weighted by atomic mass is 79.9. The number of esters is 1. The van der Waals surface area contributed by atoms with Crippen LogP contribution in [0.2, 0.25) is 0 Å². The summed E-state index contributed by atoms with van der Waals surface area (Å²) in [6, 6.07) is 12.9. The van der Waals surface area contributed by atoms with Crippen LogP contribution in [-0.4, -0.2) is 25.1 Å². The summed E-state index contributed by atoms with van der Waals surface area (Å²) in [6.45, 7) is 4.86. The van der Waals surface area contributed by atoms with Gasteiger partial charge in [-0.05, 0) is 49.8 Å². The number of carbonyl (C=O) groups excluding carboxylic acids is 1. The Kier molecular flexibility index (Phi) is 5.73. The third-order valence-electron chi connectivity index (χ3n) is 3.60. The summed E-state index contributed by atoms with van der Waals surface area (Å²) < 4.78 is 17.3. The lowest BCUT2D eigenvalue weighted by Crippen LogP contribution is -2.05. The minimum atomic E-state index is -0.484. The topological polar surface area (TPSA) is 57.1 Å². The molecule has 0 bridgehead atoms. The van der Waals surface area contributed by atoms with Crippen molar-refractivity contribution in [2.24, 2.45) is 4.99 Å². The van der Waals surface area contributed by atoms with Crippen molar-refractivity contribution in [1.82, 2.24) is 0 Å². The van der Waals surface area contributed by atoms with Gasteiger partial charge in [-0.1, -0.05) is 34.1 Å². The summed E-state index contributed by atoms with van der Waals surface area (Å²) in [5.41, 5.74) is 1.74. The second-order valence-electron chi connectivity index (χ2n) is 5.39. The first-order chi connectivity index (χ1) is 12.6. The molecular formula is C20H18BrNO4. The highest BCUT2D eigenvalue weighted by Crippen LogP contribution is 2.35. The summed E-state index contributed by atoms with van der Waals surface area (Å²) in [5.74, 6) is 1.07. The molecule has 1 aliphatic rings. The van der Waals surface area contributed by atoms with Crippen molar-refractivity contribution in [2.45, 2.75) is 13.8 Å². The van der Waals surface area contributed by atoms with Crippen LogP contribution in [-0.2, 0) is 9.53 Å². The van der Waals surface area contributed by atoms with Crippen LogP contribution in [0.25, 0.3) is 6.08 Å². The summed E-state index contributed by atoms with van der Waals surface area (Å²) in [4.78, 5) is 16.5. The number of halogens is 1. The third-order valence-corrected chi connectivity index (χ3v) is 4.28. The van der Waals surface area contributed by atoms with Gasteiger partial charge in [-0.15, -0.1) is 0 Å². The average molecular weight is 416 g/mol. The van der Waals surface area contributed by atoms with Gasteiger partial charge >= 0.3 is 5.97 Å². The molecule has 0 N–H and O–H groups in total. The van der Waals surface area contributed by atoms with E-state index in [-0.39, 0.29) is 5.70 Å². The molecule has 2 aromatic rings. The van der Waals surface area contributed by atoms with Gasteiger partial charge in [0.25, 0.3) is 0 Å². The Labute approximate surface area is 160 Å². The van der Waals surface area contributed by atoms with Crippen molar-refractivity contribution >= 4 is 33.9 Å². The quantitative estimate of drug-likeness (QED) is 0.511. The maximum absolute atomic E-state index is 12.2. The third kappa shape index (κ3) is 3.96. The van der Waals surface area contributed by atoms with Crippen molar-refractivity contribution in [3.63, 3.8) is 0 Å². The smallest absolute Gasteiger partial charge is 0.363 e. The second kappa shape index (κ2) is 8.19. The minimum absolute atomic E-state index is 0.233. The summed E-state index contributed by atoms with van der Waals surface area (Å²) in [6.07, 6.45) is 1.67. The molecule has 3 rings (SSSR count). The van der Waals surface area contributed by atoms with Crippen LogP contribution in [0.15, 0.2) is 57.6 Å². The van der Waals surface area contributed by atoms with E-state index < -0.39 is 5.97 Å². The molecule has 6 heteroatoms. The Morgan fingerprint density at radius 1 is 1.08 bits per heavy atom. The summed E-state index contributed by atoms with van der Waals surface area (Å²) >= 11 is 3.51. The Balaban J connectivity index is 1.97. The summed E-state index contributed by atoms with van der Waals surface area (Å²) in [7, 11) is 0. The first kappa shape index (κ1) is 18.2. The largest absolute Gasteiger partial charge is 0.490 e. The number of nitrogens with zero attached hydrogens (tertiary/aromatic N) is 1. The van der Waals surface area contributed by atoms with E-state index in [9.17, 15) is 4.79 Å². The molecule has 0 atom stereocenters. The van der Waals surface area contributed by atoms with Crippen LogP contribution in [0.4, 0.5) is 0 Å². The molecule has 26 heavy (non-hydrogen) atoms. The van der Waals surface area contributed by atoms with Gasteiger partial charge in [0, 0.05) is 10.0 Å². The van der Waals surface area contributed by atoms with Gasteiger partial charge in [-0.2, -0.15) is 0 Å². The van der Waals surface area contributed by atoms with E-state index in [0.29, 0.717) is 30.6 Å². The number of hydrogen-bond donors (Lipinski definition) is 0. The molecule has 1 heterocycles. The molecule has 0 saturated carbocycles. The van der Waals surface area contributed by atoms with Crippen LogP contribution in [0.5, 0.6) is 11.5 Å². The number of carbonyl (C=O) groups is 1. The standard InChI is InChI=1S/C20H18BrNO4/c1-3-24-17-11-14(15(21)12-18(17)25-4-2)10-16-20(23)26-19(22-16)13-8-6-5-7-9-13/h5-12H,3-4H2,1-2H3/b16-10-. The number of cyclic esters (lactones) is 1. The van der Waals surface area contributed by atoms with E-state index in [2.05, 4.69) is 20.9 Å². The van der Waals surface area contributed by atoms with Crippen LogP contribution in [0, 0.1) is 0 Å². The fourth-order valence-electron chi connectivity index (χ4n) is 2.46. The Hall–Kier alpha value is -2.60. The average Bonchev–Trinajstić information content (AvgIpc) is 3.00. The molecule has 0 aliphatic carbocycles. The number of rotatable bonds is 6. The molecule has 0 amide bonds. The van der Waals surface area contributed by atoms with Gasteiger partial charge in [-0.25, -0.2) is 9.79 Å². The lowest BCUT2D eigenvalue weighted by atomic mass is 10.1. The lowest BCUT2D eigenvalue weighted by molar-refractivity contribution is -0.129. The van der Waals surface area contributed by atoms with Gasteiger partial charge in [0.05, 0.1) is 13.2 Å². The molecule has 2 aromatic carbocycles. The molecule has 0 radical (unpaired) electrons. The fraction of sp³-hybridized carbons (Fsp3) is 0.200. The van der Waals surface area contributed by atoms with Gasteiger partial charge in [0.2, 0.25) is 5.90 Å². The molecule has 0 aromatic heterocycles. The Morgan fingerprint density at radius 3 is 2.38 bits per heavy atom. The zero-order valence-corrected chi connectivity index (χ0v) is 16.1. The van der Waals surface area contributed by atoms with Gasteiger partial charge in [0.1, 0.15) is 0 Å². The van der Waals surface area contributed by atoms with Gasteiger partial charge in [-0.3, -0.25) is 0 Å². The second-order valence-corrected chi connectivity index (χ2v) is 6.24. The van der Waals surface area contributed by atoms with E-state index >= 15 is 0 Å². The first-order valence-corrected chi connectivity index (χ1v) is 9.08. The van der Waals surface area contributed by atoms with Crippen LogP contribution in [0.3, 0.4) is 0 Å². The van der Waals surface area contributed by atoms with E-state index in [0.717, 1.165) is 15.6 Å². The fourth-order valence-corrected chi connectivity index (χ4v) is 2.90. The monoisotopic (exact) mass is 415 g/mol. The molecule has 1 aliphatic heterocycles. The number of aliphatic imine (C=N–C) groups is 1. The molecule has 0 spiro atoms. The Morgan fingerprint density at radius 2 is 1.73 bits per heavy atom. The van der Waals surface area contributed by atoms with Gasteiger partial charge < -0.3 is 14.2 Å². The maximum atomic E-state index is 12.2. The van der Waals surface area contributed by atoms with Crippen molar-refractivity contribution in [3.8, 4) is 11.5 Å². The minimum Gasteiger partial charge on any atom is -0.490 e. The SMILES string of the molecule is CCOc1cc(Br)c(/C=C2\N=C(c3ccccc3)OC2=O)cc1OCC. The number of benzene rings is 2. The lowest BCUT2D eigenvalue weighted by Gasteiger charge is -2.12. The highest BCUT2D eigenvalue weighted by Gasteiger charge is 2.24. The normalized spacial score (nSPS) is 15.0. The number of ether oxygens (including phenoxy) is 3. The maximum Gasteiger partial charge on any atom is 0.363 e. The predicted octanol–water partition coefficient (Wildman–Crippen LogP) is 4.59. The van der Waals surface area contributed by atoms with E-state index in [1.807, 2.05) is 56.3 Å². The van der Waals surface area contributed by atoms with Crippen molar-refractivity contribution < 1.29 is 19.0 Å². The highest BCUT2D eigenvalue weighted by molar-refractivity contribution is 9.10. The number of hydrogen-bond acceptors (Lipinski definition) is 5. The van der Waals surface area contributed by atoms with Crippen molar-refractivity contribution in [2.75, 3.05) is 13.2 Å². The van der Waals surface area contributed by atoms with E-state index in [1.165, 1.54) is 0 Å². The zero-order valence-electron chi connectivity index (χ0n) is 14.5.